The molecule has 1 saturated heterocycles. The molecule has 2 aromatic rings. The first-order valence-electron chi connectivity index (χ1n) is 7.36. The van der Waals surface area contributed by atoms with E-state index in [9.17, 15) is 4.79 Å². The molecule has 0 unspecified atom stereocenters. The van der Waals surface area contributed by atoms with Crippen LogP contribution in [0, 0.1) is 3.57 Å². The Morgan fingerprint density at radius 1 is 1.12 bits per heavy atom. The third-order valence-corrected chi connectivity index (χ3v) is 4.98. The molecule has 7 heteroatoms. The van der Waals surface area contributed by atoms with Gasteiger partial charge in [0.2, 0.25) is 0 Å². The average molecular weight is 466 g/mol. The molecule has 0 spiro atoms. The smallest absolute Gasteiger partial charge is 0.264 e. The summed E-state index contributed by atoms with van der Waals surface area (Å²) in [6.07, 6.45) is 1.80. The van der Waals surface area contributed by atoms with Crippen molar-refractivity contribution >= 4 is 57.2 Å². The van der Waals surface area contributed by atoms with Gasteiger partial charge in [0, 0.05) is 3.57 Å². The highest BCUT2D eigenvalue weighted by Gasteiger charge is 2.24. The molecule has 1 amide bonds. The normalized spacial score (nSPS) is 17.0. The Labute approximate surface area is 163 Å². The first-order chi connectivity index (χ1) is 12.1. The lowest BCUT2D eigenvalue weighted by Crippen LogP contribution is -2.19. The number of nitrogens with zero attached hydrogens (tertiary/aromatic N) is 1. The van der Waals surface area contributed by atoms with E-state index in [0.29, 0.717) is 21.6 Å². The van der Waals surface area contributed by atoms with E-state index in [0.717, 1.165) is 14.8 Å². The van der Waals surface area contributed by atoms with Gasteiger partial charge in [0.05, 0.1) is 24.8 Å². The fraction of sp³-hybridized carbons (Fsp3) is 0.111. The first kappa shape index (κ1) is 17.8. The third kappa shape index (κ3) is 4.35. The van der Waals surface area contributed by atoms with Crippen LogP contribution in [0.25, 0.3) is 6.08 Å². The van der Waals surface area contributed by atoms with Crippen molar-refractivity contribution in [1.29, 1.82) is 0 Å². The van der Waals surface area contributed by atoms with Gasteiger partial charge in [0.25, 0.3) is 5.91 Å². The van der Waals surface area contributed by atoms with E-state index >= 15 is 0 Å². The van der Waals surface area contributed by atoms with Crippen molar-refractivity contribution in [2.24, 2.45) is 4.99 Å². The second-order valence-electron chi connectivity index (χ2n) is 5.08. The number of amides is 1. The summed E-state index contributed by atoms with van der Waals surface area (Å²) in [7, 11) is 3.17. The maximum atomic E-state index is 12.2. The predicted molar refractivity (Wildman–Crippen MR) is 110 cm³/mol. The van der Waals surface area contributed by atoms with Gasteiger partial charge < -0.3 is 14.8 Å². The summed E-state index contributed by atoms with van der Waals surface area (Å²) in [6, 6.07) is 13.3. The van der Waals surface area contributed by atoms with Crippen LogP contribution in [0.15, 0.2) is 52.4 Å². The number of hydrogen-bond donors (Lipinski definition) is 1. The zero-order valence-corrected chi connectivity index (χ0v) is 16.6. The number of methoxy groups -OCH3 is 2. The number of amidine groups is 1. The molecule has 0 aromatic heterocycles. The molecule has 1 aliphatic heterocycles. The number of halogens is 1. The molecule has 3 rings (SSSR count). The highest BCUT2D eigenvalue weighted by molar-refractivity contribution is 14.1. The van der Waals surface area contributed by atoms with Crippen molar-refractivity contribution in [1.82, 2.24) is 5.32 Å². The molecule has 128 valence electrons. The topological polar surface area (TPSA) is 59.9 Å². The molecule has 5 nitrogen and oxygen atoms in total. The van der Waals surface area contributed by atoms with Gasteiger partial charge in [-0.25, -0.2) is 4.99 Å². The van der Waals surface area contributed by atoms with Crippen molar-refractivity contribution in [3.8, 4) is 11.5 Å². The SMILES string of the molecule is COc1ccc(/C=C2/SC(=Nc3cccc(I)c3)NC2=O)cc1OC. The lowest BCUT2D eigenvalue weighted by atomic mass is 10.2. The first-order valence-corrected chi connectivity index (χ1v) is 9.26. The number of carbonyl (C=O) groups is 1. The third-order valence-electron chi connectivity index (χ3n) is 3.40. The molecule has 0 aliphatic carbocycles. The van der Waals surface area contributed by atoms with E-state index < -0.39 is 0 Å². The zero-order valence-electron chi connectivity index (χ0n) is 13.6. The second-order valence-corrected chi connectivity index (χ2v) is 7.35. The highest BCUT2D eigenvalue weighted by atomic mass is 127. The number of carbonyl (C=O) groups excluding carboxylic acids is 1. The number of rotatable bonds is 4. The monoisotopic (exact) mass is 466 g/mol. The minimum Gasteiger partial charge on any atom is -0.493 e. The maximum Gasteiger partial charge on any atom is 0.264 e. The Morgan fingerprint density at radius 3 is 2.64 bits per heavy atom. The van der Waals surface area contributed by atoms with Crippen LogP contribution in [0.3, 0.4) is 0 Å². The van der Waals surface area contributed by atoms with Gasteiger partial charge in [-0.3, -0.25) is 4.79 Å². The number of thioether (sulfide) groups is 1. The minimum atomic E-state index is -0.163. The molecule has 2 aromatic carbocycles. The average Bonchev–Trinajstić information content (AvgIpc) is 2.93. The van der Waals surface area contributed by atoms with Crippen LogP contribution in [-0.2, 0) is 4.79 Å². The molecule has 0 bridgehead atoms. The molecule has 1 heterocycles. The van der Waals surface area contributed by atoms with Gasteiger partial charge in [0.15, 0.2) is 16.7 Å². The summed E-state index contributed by atoms with van der Waals surface area (Å²) >= 11 is 3.54. The summed E-state index contributed by atoms with van der Waals surface area (Å²) in [6.45, 7) is 0. The van der Waals surface area contributed by atoms with Crippen LogP contribution in [0.2, 0.25) is 0 Å². The van der Waals surface area contributed by atoms with Crippen molar-refractivity contribution in [3.05, 3.63) is 56.5 Å². The molecule has 0 saturated carbocycles. The molecular formula is C18H15IN2O3S. The van der Waals surface area contributed by atoms with E-state index in [1.165, 1.54) is 11.8 Å². The minimum absolute atomic E-state index is 0.163. The summed E-state index contributed by atoms with van der Waals surface area (Å²) in [5, 5.41) is 3.36. The second kappa shape index (κ2) is 7.92. The zero-order chi connectivity index (χ0) is 17.8. The van der Waals surface area contributed by atoms with E-state index in [2.05, 4.69) is 32.9 Å². The van der Waals surface area contributed by atoms with Crippen LogP contribution in [-0.4, -0.2) is 25.3 Å². The largest absolute Gasteiger partial charge is 0.493 e. The van der Waals surface area contributed by atoms with Crippen molar-refractivity contribution in [2.75, 3.05) is 14.2 Å². The number of hydrogen-bond acceptors (Lipinski definition) is 5. The Bertz CT molecular complexity index is 880. The van der Waals surface area contributed by atoms with Gasteiger partial charge in [-0.2, -0.15) is 0 Å². The van der Waals surface area contributed by atoms with Crippen LogP contribution in [0.4, 0.5) is 5.69 Å². The summed E-state index contributed by atoms with van der Waals surface area (Å²) in [5.41, 5.74) is 1.66. The molecule has 25 heavy (non-hydrogen) atoms. The van der Waals surface area contributed by atoms with Gasteiger partial charge in [-0.15, -0.1) is 0 Å². The van der Waals surface area contributed by atoms with Crippen molar-refractivity contribution in [2.45, 2.75) is 0 Å². The standard InChI is InChI=1S/C18H15IN2O3S/c1-23-14-7-6-11(8-15(14)24-2)9-16-17(22)21-18(25-16)20-13-5-3-4-12(19)10-13/h3-10H,1-2H3,(H,20,21,22)/b16-9+. The Kier molecular flexibility index (Phi) is 5.64. The van der Waals surface area contributed by atoms with Crippen LogP contribution in [0.1, 0.15) is 5.56 Å². The van der Waals surface area contributed by atoms with E-state index in [1.807, 2.05) is 42.5 Å². The van der Waals surface area contributed by atoms with Gasteiger partial charge in [0.1, 0.15) is 0 Å². The van der Waals surface area contributed by atoms with Crippen molar-refractivity contribution in [3.63, 3.8) is 0 Å². The number of benzene rings is 2. The Morgan fingerprint density at radius 2 is 1.92 bits per heavy atom. The van der Waals surface area contributed by atoms with Gasteiger partial charge in [-0.1, -0.05) is 12.1 Å². The van der Waals surface area contributed by atoms with Gasteiger partial charge in [-0.05, 0) is 76.3 Å². The fourth-order valence-electron chi connectivity index (χ4n) is 2.24. The lowest BCUT2D eigenvalue weighted by Gasteiger charge is -2.07. The summed E-state index contributed by atoms with van der Waals surface area (Å²) in [4.78, 5) is 17.2. The summed E-state index contributed by atoms with van der Waals surface area (Å²) in [5.74, 6) is 1.10. The molecule has 1 aliphatic rings. The van der Waals surface area contributed by atoms with Crippen LogP contribution >= 0.6 is 34.4 Å². The summed E-state index contributed by atoms with van der Waals surface area (Å²) < 4.78 is 11.6. The number of ether oxygens (including phenoxy) is 2. The fourth-order valence-corrected chi connectivity index (χ4v) is 3.61. The Hall–Kier alpha value is -2.00. The Balaban J connectivity index is 1.84. The van der Waals surface area contributed by atoms with E-state index in [1.54, 1.807) is 20.3 Å². The molecule has 0 radical (unpaired) electrons. The highest BCUT2D eigenvalue weighted by Crippen LogP contribution is 2.32. The maximum absolute atomic E-state index is 12.2. The van der Waals surface area contributed by atoms with Crippen LogP contribution in [0.5, 0.6) is 11.5 Å². The lowest BCUT2D eigenvalue weighted by molar-refractivity contribution is -0.115. The predicted octanol–water partition coefficient (Wildman–Crippen LogP) is 4.20. The molecule has 1 N–H and O–H groups in total. The van der Waals surface area contributed by atoms with Crippen LogP contribution < -0.4 is 14.8 Å². The number of aliphatic imine (C=N–C) groups is 1. The molecule has 1 fully saturated rings. The quantitative estimate of drug-likeness (QED) is 0.542. The van der Waals surface area contributed by atoms with Gasteiger partial charge >= 0.3 is 0 Å². The van der Waals surface area contributed by atoms with E-state index in [4.69, 9.17) is 9.47 Å². The molecular weight excluding hydrogens is 451 g/mol. The number of nitrogens with one attached hydrogen (secondary N) is 1. The van der Waals surface area contributed by atoms with Crippen molar-refractivity contribution < 1.29 is 14.3 Å². The van der Waals surface area contributed by atoms with E-state index in [-0.39, 0.29) is 5.91 Å². The molecule has 0 atom stereocenters.